The lowest BCUT2D eigenvalue weighted by atomic mass is 9.97. The number of hydrogen-bond acceptors (Lipinski definition) is 3. The number of benzene rings is 1. The van der Waals surface area contributed by atoms with Crippen LogP contribution in [0.1, 0.15) is 50.3 Å². The Morgan fingerprint density at radius 2 is 1.67 bits per heavy atom. The monoisotopic (exact) mass is 290 g/mol. The number of hydrogen-bond donors (Lipinski definition) is 2. The van der Waals surface area contributed by atoms with E-state index >= 15 is 0 Å². The summed E-state index contributed by atoms with van der Waals surface area (Å²) in [4.78, 5) is 2.57. The number of nitrogens with one attached hydrogen (secondary N) is 1. The first kappa shape index (κ1) is 16.3. The third kappa shape index (κ3) is 4.21. The molecule has 0 saturated carbocycles. The Hall–Kier alpha value is -1.06. The van der Waals surface area contributed by atoms with Gasteiger partial charge in [0.1, 0.15) is 5.75 Å². The topological polar surface area (TPSA) is 35.5 Å². The minimum absolute atomic E-state index is 0.288. The van der Waals surface area contributed by atoms with Crippen molar-refractivity contribution >= 4 is 0 Å². The highest BCUT2D eigenvalue weighted by molar-refractivity contribution is 5.42. The van der Waals surface area contributed by atoms with E-state index in [9.17, 15) is 5.11 Å². The van der Waals surface area contributed by atoms with Crippen LogP contribution in [0.15, 0.2) is 12.1 Å². The van der Waals surface area contributed by atoms with Gasteiger partial charge in [-0.05, 0) is 64.2 Å². The molecule has 0 atom stereocenters. The second-order valence-corrected chi connectivity index (χ2v) is 7.39. The van der Waals surface area contributed by atoms with E-state index < -0.39 is 0 Å². The fourth-order valence-electron chi connectivity index (χ4n) is 3.16. The summed E-state index contributed by atoms with van der Waals surface area (Å²) in [6, 6.07) is 4.78. The summed E-state index contributed by atoms with van der Waals surface area (Å²) < 4.78 is 0. The number of phenols is 1. The number of phenolic OH excluding ortho intramolecular Hbond substituents is 1. The van der Waals surface area contributed by atoms with E-state index in [-0.39, 0.29) is 5.54 Å². The maximum atomic E-state index is 9.83. The Kier molecular flexibility index (Phi) is 4.95. The molecule has 0 aromatic heterocycles. The summed E-state index contributed by atoms with van der Waals surface area (Å²) in [7, 11) is 0. The molecule has 3 heteroatoms. The molecule has 0 spiro atoms. The molecule has 0 amide bonds. The molecule has 1 aromatic rings. The second kappa shape index (κ2) is 6.37. The van der Waals surface area contributed by atoms with Gasteiger partial charge in [-0.3, -0.25) is 4.90 Å². The zero-order valence-corrected chi connectivity index (χ0v) is 14.2. The van der Waals surface area contributed by atoms with Crippen LogP contribution in [0, 0.1) is 13.8 Å². The van der Waals surface area contributed by atoms with Gasteiger partial charge in [-0.1, -0.05) is 12.1 Å². The fourth-order valence-corrected chi connectivity index (χ4v) is 3.16. The SMILES string of the molecule is Cc1cc(CNC2CCN(C(C)(C)C)CC2)cc(C)c1O. The van der Waals surface area contributed by atoms with Gasteiger partial charge in [-0.15, -0.1) is 0 Å². The number of aryl methyl sites for hydroxylation is 2. The van der Waals surface area contributed by atoms with E-state index in [1.165, 1.54) is 31.5 Å². The second-order valence-electron chi connectivity index (χ2n) is 7.39. The summed E-state index contributed by atoms with van der Waals surface area (Å²) in [6.07, 6.45) is 2.43. The van der Waals surface area contributed by atoms with Crippen LogP contribution in [-0.4, -0.2) is 34.7 Å². The molecule has 2 N–H and O–H groups in total. The van der Waals surface area contributed by atoms with E-state index in [1.807, 2.05) is 13.8 Å². The summed E-state index contributed by atoms with van der Waals surface area (Å²) >= 11 is 0. The molecule has 1 aromatic carbocycles. The first-order valence-corrected chi connectivity index (χ1v) is 8.05. The van der Waals surface area contributed by atoms with Crippen molar-refractivity contribution in [2.45, 2.75) is 65.6 Å². The Balaban J connectivity index is 1.85. The molecule has 0 aliphatic carbocycles. The number of piperidine rings is 1. The average Bonchev–Trinajstić information content (AvgIpc) is 2.42. The fraction of sp³-hybridized carbons (Fsp3) is 0.667. The molecule has 21 heavy (non-hydrogen) atoms. The van der Waals surface area contributed by atoms with Crippen molar-refractivity contribution in [1.82, 2.24) is 10.2 Å². The molecule has 0 bridgehead atoms. The van der Waals surface area contributed by atoms with Gasteiger partial charge in [-0.25, -0.2) is 0 Å². The molecule has 1 saturated heterocycles. The van der Waals surface area contributed by atoms with E-state index in [4.69, 9.17) is 0 Å². The van der Waals surface area contributed by atoms with Crippen molar-refractivity contribution in [3.63, 3.8) is 0 Å². The Morgan fingerprint density at radius 3 is 2.14 bits per heavy atom. The van der Waals surface area contributed by atoms with Crippen molar-refractivity contribution in [3.8, 4) is 5.75 Å². The number of rotatable bonds is 3. The Bertz CT molecular complexity index is 459. The van der Waals surface area contributed by atoms with Gasteiger partial charge in [0.2, 0.25) is 0 Å². The molecule has 3 nitrogen and oxygen atoms in total. The minimum Gasteiger partial charge on any atom is -0.507 e. The summed E-state index contributed by atoms with van der Waals surface area (Å²) in [6.45, 7) is 14.1. The third-order valence-electron chi connectivity index (χ3n) is 4.59. The Morgan fingerprint density at radius 1 is 1.14 bits per heavy atom. The van der Waals surface area contributed by atoms with Crippen LogP contribution in [0.4, 0.5) is 0 Å². The molecular formula is C18H30N2O. The maximum Gasteiger partial charge on any atom is 0.121 e. The number of aromatic hydroxyl groups is 1. The minimum atomic E-state index is 0.288. The largest absolute Gasteiger partial charge is 0.507 e. The molecule has 1 aliphatic rings. The van der Waals surface area contributed by atoms with Gasteiger partial charge in [0.15, 0.2) is 0 Å². The van der Waals surface area contributed by atoms with Crippen LogP contribution in [0.5, 0.6) is 5.75 Å². The van der Waals surface area contributed by atoms with Gasteiger partial charge < -0.3 is 10.4 Å². The van der Waals surface area contributed by atoms with E-state index in [0.29, 0.717) is 11.8 Å². The van der Waals surface area contributed by atoms with Crippen LogP contribution >= 0.6 is 0 Å². The lowest BCUT2D eigenvalue weighted by Gasteiger charge is -2.41. The molecule has 2 rings (SSSR count). The van der Waals surface area contributed by atoms with Gasteiger partial charge in [0.25, 0.3) is 0 Å². The van der Waals surface area contributed by atoms with Crippen LogP contribution in [0.3, 0.4) is 0 Å². The van der Waals surface area contributed by atoms with Crippen molar-refractivity contribution in [1.29, 1.82) is 0 Å². The maximum absolute atomic E-state index is 9.83. The highest BCUT2D eigenvalue weighted by Gasteiger charge is 2.26. The number of likely N-dealkylation sites (tertiary alicyclic amines) is 1. The van der Waals surface area contributed by atoms with Crippen LogP contribution in [0.25, 0.3) is 0 Å². The predicted octanol–water partition coefficient (Wildman–Crippen LogP) is 3.36. The van der Waals surface area contributed by atoms with E-state index in [1.54, 1.807) is 0 Å². The highest BCUT2D eigenvalue weighted by Crippen LogP contribution is 2.24. The quantitative estimate of drug-likeness (QED) is 0.896. The normalized spacial score (nSPS) is 18.1. The first-order chi connectivity index (χ1) is 9.77. The molecular weight excluding hydrogens is 260 g/mol. The van der Waals surface area contributed by atoms with Crippen molar-refractivity contribution in [2.24, 2.45) is 0 Å². The van der Waals surface area contributed by atoms with Crippen LogP contribution < -0.4 is 5.32 Å². The van der Waals surface area contributed by atoms with Gasteiger partial charge in [0, 0.05) is 31.2 Å². The lowest BCUT2D eigenvalue weighted by Crippen LogP contribution is -2.49. The molecule has 0 radical (unpaired) electrons. The van der Waals surface area contributed by atoms with E-state index in [0.717, 1.165) is 17.7 Å². The molecule has 1 aliphatic heterocycles. The lowest BCUT2D eigenvalue weighted by molar-refractivity contribution is 0.0960. The van der Waals surface area contributed by atoms with Gasteiger partial charge >= 0.3 is 0 Å². The molecule has 118 valence electrons. The van der Waals surface area contributed by atoms with Crippen LogP contribution in [-0.2, 0) is 6.54 Å². The molecule has 0 unspecified atom stereocenters. The first-order valence-electron chi connectivity index (χ1n) is 8.05. The molecule has 1 fully saturated rings. The Labute approximate surface area is 129 Å². The third-order valence-corrected chi connectivity index (χ3v) is 4.59. The molecule has 1 heterocycles. The van der Waals surface area contributed by atoms with Crippen molar-refractivity contribution in [3.05, 3.63) is 28.8 Å². The van der Waals surface area contributed by atoms with Crippen molar-refractivity contribution < 1.29 is 5.11 Å². The zero-order valence-electron chi connectivity index (χ0n) is 14.2. The average molecular weight is 290 g/mol. The van der Waals surface area contributed by atoms with Crippen LogP contribution in [0.2, 0.25) is 0 Å². The highest BCUT2D eigenvalue weighted by atomic mass is 16.3. The predicted molar refractivity (Wildman–Crippen MR) is 88.8 cm³/mol. The smallest absolute Gasteiger partial charge is 0.121 e. The van der Waals surface area contributed by atoms with E-state index in [2.05, 4.69) is 43.1 Å². The van der Waals surface area contributed by atoms with Gasteiger partial charge in [-0.2, -0.15) is 0 Å². The van der Waals surface area contributed by atoms with Crippen molar-refractivity contribution in [2.75, 3.05) is 13.1 Å². The zero-order chi connectivity index (χ0) is 15.6. The summed E-state index contributed by atoms with van der Waals surface area (Å²) in [5, 5.41) is 13.5. The summed E-state index contributed by atoms with van der Waals surface area (Å²) in [5.41, 5.74) is 3.49. The van der Waals surface area contributed by atoms with Gasteiger partial charge in [0.05, 0.1) is 0 Å². The standard InChI is InChI=1S/C18H30N2O/c1-13-10-15(11-14(2)17(13)21)12-19-16-6-8-20(9-7-16)18(3,4)5/h10-11,16,19,21H,6-9,12H2,1-5H3. The summed E-state index contributed by atoms with van der Waals surface area (Å²) in [5.74, 6) is 0.428. The number of nitrogens with zero attached hydrogens (tertiary/aromatic N) is 1.